The summed E-state index contributed by atoms with van der Waals surface area (Å²) in [5.41, 5.74) is 2.59. The molecule has 1 aliphatic rings. The van der Waals surface area contributed by atoms with Gasteiger partial charge < -0.3 is 10.3 Å². The van der Waals surface area contributed by atoms with E-state index < -0.39 is 0 Å². The number of hydrogen-bond donors (Lipinski definition) is 2. The Labute approximate surface area is 96.1 Å². The van der Waals surface area contributed by atoms with Crippen molar-refractivity contribution in [1.29, 1.82) is 0 Å². The largest absolute Gasteiger partial charge is 0.357 e. The molecular weight excluding hydrogens is 196 g/mol. The molecule has 0 radical (unpaired) electrons. The zero-order chi connectivity index (χ0) is 11.0. The van der Waals surface area contributed by atoms with Gasteiger partial charge >= 0.3 is 0 Å². The van der Waals surface area contributed by atoms with Crippen LogP contribution in [0.1, 0.15) is 37.9 Å². The van der Waals surface area contributed by atoms with Gasteiger partial charge in [-0.1, -0.05) is 18.2 Å². The fraction of sp³-hybridized carbons (Fsp3) is 0.429. The van der Waals surface area contributed by atoms with E-state index in [2.05, 4.69) is 47.6 Å². The molecule has 1 saturated heterocycles. The molecule has 2 atom stereocenters. The Balaban J connectivity index is 1.93. The molecular formula is C14H18N2. The number of benzene rings is 1. The molecule has 84 valence electrons. The molecule has 2 heterocycles. The zero-order valence-electron chi connectivity index (χ0n) is 9.66. The molecule has 2 heteroatoms. The van der Waals surface area contributed by atoms with Crippen LogP contribution in [0, 0.1) is 0 Å². The van der Waals surface area contributed by atoms with Crippen molar-refractivity contribution in [2.45, 2.75) is 38.3 Å². The number of piperidine rings is 1. The maximum absolute atomic E-state index is 3.66. The van der Waals surface area contributed by atoms with Crippen molar-refractivity contribution >= 4 is 10.9 Å². The van der Waals surface area contributed by atoms with Gasteiger partial charge in [-0.25, -0.2) is 0 Å². The first-order chi connectivity index (χ1) is 7.83. The highest BCUT2D eigenvalue weighted by Crippen LogP contribution is 2.27. The summed E-state index contributed by atoms with van der Waals surface area (Å²) in [6, 6.07) is 11.9. The number of fused-ring (bicyclic) bond motifs is 1. The van der Waals surface area contributed by atoms with E-state index in [1.807, 2.05) is 0 Å². The lowest BCUT2D eigenvalue weighted by molar-refractivity contribution is 0.337. The SMILES string of the molecule is CC1CCCC(c2cc3ccccc3[nH]2)N1. The maximum Gasteiger partial charge on any atom is 0.0475 e. The minimum Gasteiger partial charge on any atom is -0.357 e. The second kappa shape index (κ2) is 3.95. The maximum atomic E-state index is 3.66. The number of nitrogens with one attached hydrogen (secondary N) is 2. The van der Waals surface area contributed by atoms with Crippen LogP contribution in [0.5, 0.6) is 0 Å². The number of aromatic nitrogens is 1. The van der Waals surface area contributed by atoms with E-state index in [0.717, 1.165) is 0 Å². The minimum absolute atomic E-state index is 0.510. The van der Waals surface area contributed by atoms with Crippen molar-refractivity contribution in [2.24, 2.45) is 0 Å². The number of hydrogen-bond acceptors (Lipinski definition) is 1. The van der Waals surface area contributed by atoms with E-state index in [1.165, 1.54) is 35.9 Å². The van der Waals surface area contributed by atoms with Crippen LogP contribution in [-0.2, 0) is 0 Å². The standard InChI is InChI=1S/C14H18N2/c1-10-5-4-8-13(15-10)14-9-11-6-2-3-7-12(11)16-14/h2-3,6-7,9-10,13,15-16H,4-5,8H2,1H3. The lowest BCUT2D eigenvalue weighted by Crippen LogP contribution is -2.34. The third kappa shape index (κ3) is 1.74. The number of para-hydroxylation sites is 1. The summed E-state index contributed by atoms with van der Waals surface area (Å²) in [6.45, 7) is 2.27. The topological polar surface area (TPSA) is 27.8 Å². The van der Waals surface area contributed by atoms with E-state index >= 15 is 0 Å². The first-order valence-corrected chi connectivity index (χ1v) is 6.16. The Kier molecular flexibility index (Phi) is 2.44. The van der Waals surface area contributed by atoms with E-state index in [1.54, 1.807) is 0 Å². The monoisotopic (exact) mass is 214 g/mol. The zero-order valence-corrected chi connectivity index (χ0v) is 9.66. The molecule has 3 rings (SSSR count). The van der Waals surface area contributed by atoms with E-state index in [-0.39, 0.29) is 0 Å². The van der Waals surface area contributed by atoms with Gasteiger partial charge in [0, 0.05) is 23.3 Å². The lowest BCUT2D eigenvalue weighted by atomic mass is 9.97. The van der Waals surface area contributed by atoms with Crippen molar-refractivity contribution in [3.8, 4) is 0 Å². The van der Waals surface area contributed by atoms with Crippen LogP contribution in [0.25, 0.3) is 10.9 Å². The van der Waals surface area contributed by atoms with Gasteiger partial charge in [0.15, 0.2) is 0 Å². The summed E-state index contributed by atoms with van der Waals surface area (Å²) in [6.07, 6.45) is 3.88. The summed E-state index contributed by atoms with van der Waals surface area (Å²) in [5, 5.41) is 4.98. The molecule has 1 aromatic heterocycles. The average molecular weight is 214 g/mol. The first kappa shape index (κ1) is 9.91. The average Bonchev–Trinajstić information content (AvgIpc) is 2.72. The van der Waals surface area contributed by atoms with Gasteiger partial charge in [-0.3, -0.25) is 0 Å². The van der Waals surface area contributed by atoms with Gasteiger partial charge in [-0.15, -0.1) is 0 Å². The third-order valence-electron chi connectivity index (χ3n) is 3.54. The van der Waals surface area contributed by atoms with Gasteiger partial charge in [0.05, 0.1) is 0 Å². The molecule has 2 aromatic rings. The van der Waals surface area contributed by atoms with Crippen molar-refractivity contribution in [2.75, 3.05) is 0 Å². The summed E-state index contributed by atoms with van der Waals surface area (Å²) in [7, 11) is 0. The van der Waals surface area contributed by atoms with Gasteiger partial charge in [-0.05, 0) is 43.7 Å². The summed E-state index contributed by atoms with van der Waals surface area (Å²) in [5.74, 6) is 0. The van der Waals surface area contributed by atoms with Crippen molar-refractivity contribution in [3.63, 3.8) is 0 Å². The van der Waals surface area contributed by atoms with Crippen molar-refractivity contribution in [3.05, 3.63) is 36.0 Å². The molecule has 0 saturated carbocycles. The molecule has 1 fully saturated rings. The minimum atomic E-state index is 0.510. The molecule has 2 N–H and O–H groups in total. The Morgan fingerprint density at radius 3 is 2.88 bits per heavy atom. The van der Waals surface area contributed by atoms with Crippen LogP contribution < -0.4 is 5.32 Å². The van der Waals surface area contributed by atoms with Crippen LogP contribution in [0.15, 0.2) is 30.3 Å². The molecule has 2 nitrogen and oxygen atoms in total. The Hall–Kier alpha value is -1.28. The van der Waals surface area contributed by atoms with Gasteiger partial charge in [0.2, 0.25) is 0 Å². The number of H-pyrrole nitrogens is 1. The molecule has 0 aliphatic carbocycles. The first-order valence-electron chi connectivity index (χ1n) is 6.16. The van der Waals surface area contributed by atoms with Crippen molar-refractivity contribution in [1.82, 2.24) is 10.3 Å². The molecule has 0 amide bonds. The number of aromatic amines is 1. The Morgan fingerprint density at radius 1 is 1.19 bits per heavy atom. The second-order valence-electron chi connectivity index (χ2n) is 4.86. The predicted octanol–water partition coefficient (Wildman–Crippen LogP) is 3.37. The van der Waals surface area contributed by atoms with Gasteiger partial charge in [-0.2, -0.15) is 0 Å². The smallest absolute Gasteiger partial charge is 0.0475 e. The quantitative estimate of drug-likeness (QED) is 0.748. The van der Waals surface area contributed by atoms with Crippen LogP contribution in [0.3, 0.4) is 0 Å². The highest BCUT2D eigenvalue weighted by molar-refractivity contribution is 5.80. The highest BCUT2D eigenvalue weighted by Gasteiger charge is 2.20. The summed E-state index contributed by atoms with van der Waals surface area (Å²) >= 11 is 0. The van der Waals surface area contributed by atoms with E-state index in [4.69, 9.17) is 0 Å². The van der Waals surface area contributed by atoms with Crippen LogP contribution >= 0.6 is 0 Å². The molecule has 16 heavy (non-hydrogen) atoms. The summed E-state index contributed by atoms with van der Waals surface area (Å²) < 4.78 is 0. The van der Waals surface area contributed by atoms with Gasteiger partial charge in [0.25, 0.3) is 0 Å². The Bertz CT molecular complexity index is 453. The fourth-order valence-corrected chi connectivity index (χ4v) is 2.67. The van der Waals surface area contributed by atoms with Crippen LogP contribution in [0.4, 0.5) is 0 Å². The molecule has 0 spiro atoms. The van der Waals surface area contributed by atoms with Crippen LogP contribution in [-0.4, -0.2) is 11.0 Å². The number of rotatable bonds is 1. The highest BCUT2D eigenvalue weighted by atomic mass is 15.0. The van der Waals surface area contributed by atoms with Gasteiger partial charge in [0.1, 0.15) is 0 Å². The van der Waals surface area contributed by atoms with E-state index in [0.29, 0.717) is 12.1 Å². The molecule has 2 unspecified atom stereocenters. The normalized spacial score (nSPS) is 26.1. The van der Waals surface area contributed by atoms with E-state index in [9.17, 15) is 0 Å². The predicted molar refractivity (Wildman–Crippen MR) is 67.5 cm³/mol. The fourth-order valence-electron chi connectivity index (χ4n) is 2.67. The molecule has 1 aromatic carbocycles. The summed E-state index contributed by atoms with van der Waals surface area (Å²) in [4.78, 5) is 3.52. The Morgan fingerprint density at radius 2 is 2.06 bits per heavy atom. The van der Waals surface area contributed by atoms with Crippen molar-refractivity contribution < 1.29 is 0 Å². The third-order valence-corrected chi connectivity index (χ3v) is 3.54. The molecule has 0 bridgehead atoms. The van der Waals surface area contributed by atoms with Crippen LogP contribution in [0.2, 0.25) is 0 Å². The second-order valence-corrected chi connectivity index (χ2v) is 4.86. The molecule has 1 aliphatic heterocycles. The lowest BCUT2D eigenvalue weighted by Gasteiger charge is -2.28.